The Morgan fingerprint density at radius 2 is 2.20 bits per heavy atom. The van der Waals surface area contributed by atoms with Gasteiger partial charge in [0.1, 0.15) is 0 Å². The smallest absolute Gasteiger partial charge is 0.288 e. The van der Waals surface area contributed by atoms with E-state index in [-0.39, 0.29) is 5.97 Å². The van der Waals surface area contributed by atoms with Crippen LogP contribution in [0.15, 0.2) is 0 Å². The maximum Gasteiger partial charge on any atom is 0.288 e. The van der Waals surface area contributed by atoms with E-state index in [1.807, 2.05) is 0 Å². The Morgan fingerprint density at radius 3 is 2.20 bits per heavy atom. The molecule has 0 aromatic carbocycles. The van der Waals surface area contributed by atoms with Gasteiger partial charge >= 0.3 is 0 Å². The minimum atomic E-state index is -0.233. The quantitative estimate of drug-likeness (QED) is 0.359. The Morgan fingerprint density at radius 1 is 2.00 bits per heavy atom. The number of hydrogen-bond donors (Lipinski definition) is 0. The van der Waals surface area contributed by atoms with E-state index >= 15 is 0 Å². The van der Waals surface area contributed by atoms with Crippen LogP contribution < -0.4 is 0 Å². The first-order valence-corrected chi connectivity index (χ1v) is 1.77. The SMILES string of the molecule is CC(=O)O[SiH2]. The maximum atomic E-state index is 9.60. The molecule has 0 heterocycles. The standard InChI is InChI=1S/C2H5O2Si/c1-2(3)4-5/h5H2,1H3. The van der Waals surface area contributed by atoms with Gasteiger partial charge in [0.2, 0.25) is 10.5 Å². The predicted octanol–water partition coefficient (Wildman–Crippen LogP) is -0.902. The van der Waals surface area contributed by atoms with Crippen molar-refractivity contribution in [2.45, 2.75) is 6.92 Å². The number of rotatable bonds is 0. The molecular formula is C2H5O2Si. The summed E-state index contributed by atoms with van der Waals surface area (Å²) in [5.74, 6) is -0.233. The highest BCUT2D eigenvalue weighted by Gasteiger charge is 1.75. The van der Waals surface area contributed by atoms with Crippen molar-refractivity contribution in [1.29, 1.82) is 0 Å². The zero-order valence-corrected chi connectivity index (χ0v) is 4.44. The highest BCUT2D eigenvalue weighted by atomic mass is 28.2. The number of carbonyl (C=O) groups excluding carboxylic acids is 1. The van der Waals surface area contributed by atoms with Crippen molar-refractivity contribution in [1.82, 2.24) is 0 Å². The van der Waals surface area contributed by atoms with Gasteiger partial charge in [-0.2, -0.15) is 0 Å². The first kappa shape index (κ1) is 4.69. The third kappa shape index (κ3) is 3.69. The minimum Gasteiger partial charge on any atom is -0.525 e. The average molecular weight is 89.1 g/mol. The Bertz CT molecular complexity index is 42.9. The Kier molecular flexibility index (Phi) is 1.84. The lowest BCUT2D eigenvalue weighted by molar-refractivity contribution is -0.131. The summed E-state index contributed by atoms with van der Waals surface area (Å²) in [6, 6.07) is 0. The molecule has 0 aromatic heterocycles. The molecule has 0 aliphatic rings. The lowest BCUT2D eigenvalue weighted by atomic mass is 10.9. The average Bonchev–Trinajstić information content (AvgIpc) is 1.38. The Hall–Kier alpha value is -0.313. The van der Waals surface area contributed by atoms with Crippen molar-refractivity contribution in [2.24, 2.45) is 0 Å². The summed E-state index contributed by atoms with van der Waals surface area (Å²) in [5, 5.41) is 0. The molecule has 2 nitrogen and oxygen atoms in total. The van der Waals surface area contributed by atoms with Gasteiger partial charge in [0, 0.05) is 6.92 Å². The second-order valence-electron chi connectivity index (χ2n) is 0.636. The van der Waals surface area contributed by atoms with Crippen LogP contribution in [0.4, 0.5) is 0 Å². The molecule has 0 unspecified atom stereocenters. The van der Waals surface area contributed by atoms with E-state index in [0.29, 0.717) is 0 Å². The second kappa shape index (κ2) is 1.96. The Labute approximate surface area is 33.7 Å². The highest BCUT2D eigenvalue weighted by molar-refractivity contribution is 6.04. The van der Waals surface area contributed by atoms with Crippen molar-refractivity contribution < 1.29 is 9.22 Å². The van der Waals surface area contributed by atoms with Crippen LogP contribution in [0.2, 0.25) is 0 Å². The van der Waals surface area contributed by atoms with Crippen LogP contribution in [0, 0.1) is 0 Å². The first-order chi connectivity index (χ1) is 2.27. The van der Waals surface area contributed by atoms with Crippen LogP contribution in [-0.2, 0) is 9.22 Å². The van der Waals surface area contributed by atoms with Crippen molar-refractivity contribution in [3.05, 3.63) is 0 Å². The molecule has 0 spiro atoms. The lowest BCUT2D eigenvalue weighted by Gasteiger charge is -1.81. The zero-order chi connectivity index (χ0) is 4.28. The van der Waals surface area contributed by atoms with Gasteiger partial charge in [-0.1, -0.05) is 0 Å². The fourth-order valence-corrected chi connectivity index (χ4v) is 0. The molecule has 0 N–H and O–H groups in total. The van der Waals surface area contributed by atoms with E-state index in [0.717, 1.165) is 0 Å². The van der Waals surface area contributed by atoms with Gasteiger partial charge < -0.3 is 4.43 Å². The summed E-state index contributed by atoms with van der Waals surface area (Å²) < 4.78 is 4.14. The highest BCUT2D eigenvalue weighted by Crippen LogP contribution is 1.58. The van der Waals surface area contributed by atoms with Crippen molar-refractivity contribution >= 4 is 16.5 Å². The fourth-order valence-electron chi connectivity index (χ4n) is 0. The molecule has 0 saturated heterocycles. The second-order valence-corrected chi connectivity index (χ2v) is 0.925. The van der Waals surface area contributed by atoms with Crippen LogP contribution in [-0.4, -0.2) is 16.5 Å². The molecule has 29 valence electrons. The molecule has 0 aliphatic carbocycles. The van der Waals surface area contributed by atoms with Crippen molar-refractivity contribution in [3.63, 3.8) is 0 Å². The molecule has 3 heteroatoms. The van der Waals surface area contributed by atoms with Crippen LogP contribution in [0.5, 0.6) is 0 Å². The van der Waals surface area contributed by atoms with Gasteiger partial charge in [0.25, 0.3) is 5.97 Å². The van der Waals surface area contributed by atoms with Gasteiger partial charge in [-0.3, -0.25) is 4.79 Å². The third-order valence-corrected chi connectivity index (χ3v) is 0.610. The molecule has 1 radical (unpaired) electrons. The molecule has 0 amide bonds. The summed E-state index contributed by atoms with van der Waals surface area (Å²) in [6.07, 6.45) is 0. The molecule has 0 aromatic rings. The Balaban J connectivity index is 2.85. The van der Waals surface area contributed by atoms with E-state index < -0.39 is 0 Å². The molecule has 0 fully saturated rings. The van der Waals surface area contributed by atoms with Crippen molar-refractivity contribution in [2.75, 3.05) is 0 Å². The molecule has 0 atom stereocenters. The molecule has 0 aliphatic heterocycles. The third-order valence-electron chi connectivity index (χ3n) is 0.203. The first-order valence-electron chi connectivity index (χ1n) is 1.20. The van der Waals surface area contributed by atoms with Crippen LogP contribution in [0.3, 0.4) is 0 Å². The monoisotopic (exact) mass is 89.0 g/mol. The molecular weight excluding hydrogens is 84.1 g/mol. The molecule has 5 heavy (non-hydrogen) atoms. The summed E-state index contributed by atoms with van der Waals surface area (Å²) >= 11 is 0. The van der Waals surface area contributed by atoms with E-state index in [9.17, 15) is 4.79 Å². The van der Waals surface area contributed by atoms with Gasteiger partial charge in [-0.05, 0) is 0 Å². The number of carbonyl (C=O) groups is 1. The van der Waals surface area contributed by atoms with Crippen LogP contribution in [0.1, 0.15) is 6.92 Å². The topological polar surface area (TPSA) is 26.3 Å². The molecule has 0 bridgehead atoms. The van der Waals surface area contributed by atoms with Crippen LogP contribution >= 0.6 is 0 Å². The van der Waals surface area contributed by atoms with Gasteiger partial charge in [0.15, 0.2) is 0 Å². The molecule has 0 saturated carbocycles. The fraction of sp³-hybridized carbons (Fsp3) is 0.500. The minimum absolute atomic E-state index is 0.233. The number of hydrogen-bond acceptors (Lipinski definition) is 2. The zero-order valence-electron chi connectivity index (χ0n) is 3.02. The summed E-state index contributed by atoms with van der Waals surface area (Å²) in [6.45, 7) is 1.37. The molecule has 0 rings (SSSR count). The van der Waals surface area contributed by atoms with Gasteiger partial charge in [-0.25, -0.2) is 0 Å². The van der Waals surface area contributed by atoms with E-state index in [2.05, 4.69) is 4.43 Å². The van der Waals surface area contributed by atoms with E-state index in [1.54, 1.807) is 0 Å². The summed E-state index contributed by atoms with van der Waals surface area (Å²) in [5.41, 5.74) is 0. The largest absolute Gasteiger partial charge is 0.525 e. The lowest BCUT2D eigenvalue weighted by Crippen LogP contribution is -1.90. The predicted molar refractivity (Wildman–Crippen MR) is 20.3 cm³/mol. The maximum absolute atomic E-state index is 9.60. The van der Waals surface area contributed by atoms with E-state index in [4.69, 9.17) is 0 Å². The van der Waals surface area contributed by atoms with Gasteiger partial charge in [-0.15, -0.1) is 0 Å². The normalized spacial score (nSPS) is 6.80. The van der Waals surface area contributed by atoms with Crippen molar-refractivity contribution in [3.8, 4) is 0 Å². The van der Waals surface area contributed by atoms with Crippen LogP contribution in [0.25, 0.3) is 0 Å². The van der Waals surface area contributed by atoms with E-state index in [1.165, 1.54) is 17.4 Å². The summed E-state index contributed by atoms with van der Waals surface area (Å²) in [7, 11) is 1.18. The summed E-state index contributed by atoms with van der Waals surface area (Å²) in [4.78, 5) is 9.60. The van der Waals surface area contributed by atoms with Gasteiger partial charge in [0.05, 0.1) is 0 Å².